The maximum absolute atomic E-state index is 12.6. The Kier molecular flexibility index (Phi) is 5.28. The minimum absolute atomic E-state index is 0.0158. The number of aromatic nitrogens is 5. The van der Waals surface area contributed by atoms with Crippen LogP contribution >= 0.6 is 0 Å². The highest BCUT2D eigenvalue weighted by Crippen LogP contribution is 2.23. The number of carbonyl (C=O) groups is 2. The third kappa shape index (κ3) is 4.29. The maximum Gasteiger partial charge on any atom is 0.227 e. The van der Waals surface area contributed by atoms with E-state index in [1.54, 1.807) is 35.3 Å². The van der Waals surface area contributed by atoms with Crippen molar-refractivity contribution in [3.8, 4) is 5.82 Å². The molecule has 9 heteroatoms. The summed E-state index contributed by atoms with van der Waals surface area (Å²) in [5.41, 5.74) is 1.24. The Bertz CT molecular complexity index is 994. The number of anilines is 2. The average Bonchev–Trinajstić information content (AvgIpc) is 3.29. The van der Waals surface area contributed by atoms with Crippen LogP contribution in [-0.2, 0) is 4.79 Å². The molecule has 0 saturated carbocycles. The first-order chi connectivity index (χ1) is 14.1. The maximum atomic E-state index is 12.6. The zero-order valence-corrected chi connectivity index (χ0v) is 16.0. The summed E-state index contributed by atoms with van der Waals surface area (Å²) in [5, 5.41) is 15.4. The fourth-order valence-corrected chi connectivity index (χ4v) is 3.37. The number of ketones is 1. The first-order valence-corrected chi connectivity index (χ1v) is 9.46. The van der Waals surface area contributed by atoms with Gasteiger partial charge in [0.05, 0.1) is 0 Å². The molecule has 3 aromatic rings. The van der Waals surface area contributed by atoms with E-state index in [2.05, 4.69) is 30.5 Å². The molecule has 148 valence electrons. The topological polar surface area (TPSA) is 106 Å². The zero-order chi connectivity index (χ0) is 20.2. The van der Waals surface area contributed by atoms with Crippen LogP contribution in [0.3, 0.4) is 0 Å². The third-order valence-electron chi connectivity index (χ3n) is 5.02. The lowest BCUT2D eigenvalue weighted by molar-refractivity contribution is -0.120. The molecule has 1 amide bonds. The van der Waals surface area contributed by atoms with Crippen LogP contribution in [0.4, 0.5) is 11.5 Å². The highest BCUT2D eigenvalue weighted by molar-refractivity contribution is 5.97. The molecule has 1 aliphatic rings. The Morgan fingerprint density at radius 1 is 1.07 bits per heavy atom. The molecule has 3 heterocycles. The molecule has 29 heavy (non-hydrogen) atoms. The van der Waals surface area contributed by atoms with Crippen molar-refractivity contribution in [2.75, 3.05) is 23.3 Å². The van der Waals surface area contributed by atoms with Crippen molar-refractivity contribution in [2.24, 2.45) is 5.92 Å². The van der Waals surface area contributed by atoms with Crippen LogP contribution in [0.25, 0.3) is 5.82 Å². The van der Waals surface area contributed by atoms with Gasteiger partial charge < -0.3 is 10.2 Å². The second-order valence-electron chi connectivity index (χ2n) is 6.98. The number of hydrogen-bond donors (Lipinski definition) is 1. The number of benzene rings is 1. The monoisotopic (exact) mass is 391 g/mol. The molecule has 0 bridgehead atoms. The van der Waals surface area contributed by atoms with Gasteiger partial charge in [0.15, 0.2) is 17.4 Å². The van der Waals surface area contributed by atoms with E-state index in [1.807, 2.05) is 12.1 Å². The molecule has 1 aliphatic heterocycles. The molecule has 2 aromatic heterocycles. The van der Waals surface area contributed by atoms with E-state index >= 15 is 0 Å². The number of nitrogens with one attached hydrogen (secondary N) is 1. The van der Waals surface area contributed by atoms with Gasteiger partial charge in [-0.15, -0.1) is 10.2 Å². The van der Waals surface area contributed by atoms with Crippen molar-refractivity contribution in [1.29, 1.82) is 0 Å². The minimum Gasteiger partial charge on any atom is -0.355 e. The van der Waals surface area contributed by atoms with Crippen molar-refractivity contribution in [1.82, 2.24) is 25.0 Å². The Morgan fingerprint density at radius 2 is 1.83 bits per heavy atom. The smallest absolute Gasteiger partial charge is 0.227 e. The van der Waals surface area contributed by atoms with Crippen LogP contribution in [0.2, 0.25) is 0 Å². The molecular formula is C20H21N7O2. The predicted molar refractivity (Wildman–Crippen MR) is 107 cm³/mol. The summed E-state index contributed by atoms with van der Waals surface area (Å²) in [6.45, 7) is 2.96. The van der Waals surface area contributed by atoms with E-state index in [0.717, 1.165) is 31.7 Å². The molecule has 4 rings (SSSR count). The summed E-state index contributed by atoms with van der Waals surface area (Å²) in [6.07, 6.45) is 4.47. The van der Waals surface area contributed by atoms with E-state index in [9.17, 15) is 9.59 Å². The fraction of sp³-hybridized carbons (Fsp3) is 0.300. The molecule has 0 radical (unpaired) electrons. The summed E-state index contributed by atoms with van der Waals surface area (Å²) < 4.78 is 1.55. The van der Waals surface area contributed by atoms with E-state index in [1.165, 1.54) is 13.3 Å². The molecule has 1 fully saturated rings. The summed E-state index contributed by atoms with van der Waals surface area (Å²) in [4.78, 5) is 30.1. The summed E-state index contributed by atoms with van der Waals surface area (Å²) in [7, 11) is 0. The first-order valence-electron chi connectivity index (χ1n) is 9.46. The Morgan fingerprint density at radius 3 is 2.48 bits per heavy atom. The Balaban J connectivity index is 1.33. The minimum atomic E-state index is -0.0744. The van der Waals surface area contributed by atoms with Gasteiger partial charge in [-0.2, -0.15) is 5.10 Å². The second kappa shape index (κ2) is 8.17. The number of rotatable bonds is 5. The third-order valence-corrected chi connectivity index (χ3v) is 5.02. The molecule has 0 atom stereocenters. The molecule has 1 saturated heterocycles. The zero-order valence-electron chi connectivity index (χ0n) is 16.0. The van der Waals surface area contributed by atoms with E-state index in [0.29, 0.717) is 17.1 Å². The van der Waals surface area contributed by atoms with Crippen LogP contribution in [0.15, 0.2) is 49.1 Å². The highest BCUT2D eigenvalue weighted by atomic mass is 16.2. The second-order valence-corrected chi connectivity index (χ2v) is 6.98. The van der Waals surface area contributed by atoms with Crippen molar-refractivity contribution in [3.63, 3.8) is 0 Å². The molecule has 0 spiro atoms. The number of piperidine rings is 1. The molecule has 1 N–H and O–H groups in total. The number of carbonyl (C=O) groups excluding carboxylic acids is 2. The standard InChI is InChI=1S/C20H21N7O2/c1-14(28)16-3-2-4-17(11-16)23-20(29)15-7-9-26(10-8-15)18-5-6-19(25-24-18)27-13-21-12-22-27/h2-6,11-13,15H,7-10H2,1H3,(H,23,29). The van der Waals surface area contributed by atoms with E-state index in [4.69, 9.17) is 0 Å². The quantitative estimate of drug-likeness (QED) is 0.664. The number of hydrogen-bond acceptors (Lipinski definition) is 7. The Hall–Kier alpha value is -3.62. The SMILES string of the molecule is CC(=O)c1cccc(NC(=O)C2CCN(c3ccc(-n4cncn4)nn3)CC2)c1. The van der Waals surface area contributed by atoms with Crippen LogP contribution < -0.4 is 10.2 Å². The fourth-order valence-electron chi connectivity index (χ4n) is 3.37. The summed E-state index contributed by atoms with van der Waals surface area (Å²) in [5.74, 6) is 1.27. The summed E-state index contributed by atoms with van der Waals surface area (Å²) >= 11 is 0. The van der Waals surface area contributed by atoms with Crippen molar-refractivity contribution in [3.05, 3.63) is 54.6 Å². The molecule has 0 unspecified atom stereocenters. The lowest BCUT2D eigenvalue weighted by Crippen LogP contribution is -2.38. The van der Waals surface area contributed by atoms with Gasteiger partial charge in [0.2, 0.25) is 5.91 Å². The molecular weight excluding hydrogens is 370 g/mol. The average molecular weight is 391 g/mol. The van der Waals surface area contributed by atoms with Gasteiger partial charge in [-0.1, -0.05) is 12.1 Å². The van der Waals surface area contributed by atoms with Gasteiger partial charge in [-0.3, -0.25) is 9.59 Å². The lowest BCUT2D eigenvalue weighted by atomic mass is 9.95. The number of amides is 1. The van der Waals surface area contributed by atoms with Gasteiger partial charge in [-0.05, 0) is 44.0 Å². The largest absolute Gasteiger partial charge is 0.355 e. The van der Waals surface area contributed by atoms with Gasteiger partial charge >= 0.3 is 0 Å². The first kappa shape index (κ1) is 18.7. The van der Waals surface area contributed by atoms with Crippen molar-refractivity contribution < 1.29 is 9.59 Å². The van der Waals surface area contributed by atoms with Gasteiger partial charge in [0, 0.05) is 30.3 Å². The van der Waals surface area contributed by atoms with Crippen molar-refractivity contribution >= 4 is 23.2 Å². The van der Waals surface area contributed by atoms with E-state index in [-0.39, 0.29) is 17.6 Å². The Labute approximate surface area is 167 Å². The summed E-state index contributed by atoms with van der Waals surface area (Å²) in [6, 6.07) is 10.8. The van der Waals surface area contributed by atoms with Gasteiger partial charge in [0.1, 0.15) is 12.7 Å². The highest BCUT2D eigenvalue weighted by Gasteiger charge is 2.26. The predicted octanol–water partition coefficient (Wildman–Crippen LogP) is 2.11. The van der Waals surface area contributed by atoms with Crippen LogP contribution in [0.1, 0.15) is 30.1 Å². The van der Waals surface area contributed by atoms with Gasteiger partial charge in [0.25, 0.3) is 0 Å². The number of Topliss-reactive ketones (excluding diaryl/α,β-unsaturated/α-hetero) is 1. The lowest BCUT2D eigenvalue weighted by Gasteiger charge is -2.31. The van der Waals surface area contributed by atoms with Crippen LogP contribution in [0, 0.1) is 5.92 Å². The normalized spacial score (nSPS) is 14.6. The van der Waals surface area contributed by atoms with Crippen LogP contribution in [0.5, 0.6) is 0 Å². The van der Waals surface area contributed by atoms with Crippen molar-refractivity contribution in [2.45, 2.75) is 19.8 Å². The van der Waals surface area contributed by atoms with Gasteiger partial charge in [-0.25, -0.2) is 9.67 Å². The molecule has 9 nitrogen and oxygen atoms in total. The van der Waals surface area contributed by atoms with E-state index < -0.39 is 0 Å². The molecule has 0 aliphatic carbocycles. The molecule has 1 aromatic carbocycles. The van der Waals surface area contributed by atoms with Crippen LogP contribution in [-0.4, -0.2) is 49.7 Å². The number of nitrogens with zero attached hydrogens (tertiary/aromatic N) is 6.